The van der Waals surface area contributed by atoms with Crippen LogP contribution in [0.3, 0.4) is 0 Å². The molecule has 0 spiro atoms. The summed E-state index contributed by atoms with van der Waals surface area (Å²) in [4.78, 5) is 5.87. The van der Waals surface area contributed by atoms with Crippen molar-refractivity contribution in [3.63, 3.8) is 0 Å². The Bertz CT molecular complexity index is 369. The zero-order valence-corrected chi connectivity index (χ0v) is 9.53. The van der Waals surface area contributed by atoms with Gasteiger partial charge in [-0.2, -0.15) is 0 Å². The van der Waals surface area contributed by atoms with Crippen LogP contribution in [0.4, 0.5) is 5.69 Å². The predicted molar refractivity (Wildman–Crippen MR) is 63.9 cm³/mol. The van der Waals surface area contributed by atoms with Crippen LogP contribution >= 0.6 is 11.8 Å². The Morgan fingerprint density at radius 2 is 2.29 bits per heavy atom. The van der Waals surface area contributed by atoms with Crippen LogP contribution in [0, 0.1) is 0 Å². The lowest BCUT2D eigenvalue weighted by Crippen LogP contribution is -1.88. The predicted octanol–water partition coefficient (Wildman–Crippen LogP) is 3.84. The molecule has 0 aliphatic carbocycles. The molecule has 1 aliphatic rings. The maximum Gasteiger partial charge on any atom is 0.0665 e. The van der Waals surface area contributed by atoms with E-state index in [4.69, 9.17) is 0 Å². The number of rotatable bonds is 3. The molecule has 0 aromatic heterocycles. The smallest absolute Gasteiger partial charge is 0.0665 e. The van der Waals surface area contributed by atoms with E-state index in [0.717, 1.165) is 6.42 Å². The van der Waals surface area contributed by atoms with Gasteiger partial charge in [0.1, 0.15) is 0 Å². The van der Waals surface area contributed by atoms with Gasteiger partial charge in [-0.15, -0.1) is 11.8 Å². The van der Waals surface area contributed by atoms with E-state index in [1.807, 2.05) is 11.8 Å². The summed E-state index contributed by atoms with van der Waals surface area (Å²) in [7, 11) is 0. The van der Waals surface area contributed by atoms with Crippen LogP contribution in [0.15, 0.2) is 28.1 Å². The van der Waals surface area contributed by atoms with Crippen molar-refractivity contribution in [2.75, 3.05) is 5.75 Å². The van der Waals surface area contributed by atoms with Crippen LogP contribution in [0.5, 0.6) is 0 Å². The van der Waals surface area contributed by atoms with Gasteiger partial charge in [0.25, 0.3) is 0 Å². The molecule has 1 heterocycles. The SMILES string of the molecule is CCCSc1ccc2c(c1)CC(C)=N2. The van der Waals surface area contributed by atoms with Crippen molar-refractivity contribution in [2.24, 2.45) is 4.99 Å². The van der Waals surface area contributed by atoms with Crippen molar-refractivity contribution in [1.82, 2.24) is 0 Å². The van der Waals surface area contributed by atoms with Crippen LogP contribution < -0.4 is 0 Å². The van der Waals surface area contributed by atoms with Crippen molar-refractivity contribution >= 4 is 23.2 Å². The number of thioether (sulfide) groups is 1. The molecule has 74 valence electrons. The van der Waals surface area contributed by atoms with Gasteiger partial charge in [0, 0.05) is 17.0 Å². The molecule has 0 radical (unpaired) electrons. The van der Waals surface area contributed by atoms with Gasteiger partial charge in [-0.3, -0.25) is 4.99 Å². The lowest BCUT2D eigenvalue weighted by molar-refractivity contribution is 1.10. The molecule has 0 N–H and O–H groups in total. The van der Waals surface area contributed by atoms with E-state index in [2.05, 4.69) is 37.0 Å². The normalized spacial score (nSPS) is 14.0. The van der Waals surface area contributed by atoms with Crippen molar-refractivity contribution in [3.05, 3.63) is 23.8 Å². The highest BCUT2D eigenvalue weighted by molar-refractivity contribution is 7.99. The fraction of sp³-hybridized carbons (Fsp3) is 0.417. The van der Waals surface area contributed by atoms with Crippen molar-refractivity contribution < 1.29 is 0 Å². The van der Waals surface area contributed by atoms with E-state index in [9.17, 15) is 0 Å². The second-order valence-electron chi connectivity index (χ2n) is 3.66. The molecule has 2 heteroatoms. The third kappa shape index (κ3) is 2.01. The Morgan fingerprint density at radius 1 is 1.43 bits per heavy atom. The summed E-state index contributed by atoms with van der Waals surface area (Å²) in [5.41, 5.74) is 3.80. The first-order valence-electron chi connectivity index (χ1n) is 5.09. The highest BCUT2D eigenvalue weighted by Gasteiger charge is 2.11. The number of fused-ring (bicyclic) bond motifs is 1. The average Bonchev–Trinajstić information content (AvgIpc) is 2.54. The molecule has 0 atom stereocenters. The number of benzene rings is 1. The average molecular weight is 205 g/mol. The maximum atomic E-state index is 4.48. The highest BCUT2D eigenvalue weighted by Crippen LogP contribution is 2.31. The summed E-state index contributed by atoms with van der Waals surface area (Å²) in [6, 6.07) is 6.61. The molecular weight excluding hydrogens is 190 g/mol. The number of hydrogen-bond acceptors (Lipinski definition) is 2. The molecule has 2 rings (SSSR count). The van der Waals surface area contributed by atoms with E-state index in [1.54, 1.807) is 0 Å². The zero-order chi connectivity index (χ0) is 9.97. The molecule has 0 fully saturated rings. The van der Waals surface area contributed by atoms with Gasteiger partial charge in [0.05, 0.1) is 5.69 Å². The van der Waals surface area contributed by atoms with Gasteiger partial charge in [0.2, 0.25) is 0 Å². The van der Waals surface area contributed by atoms with E-state index >= 15 is 0 Å². The van der Waals surface area contributed by atoms with Gasteiger partial charge < -0.3 is 0 Å². The third-order valence-electron chi connectivity index (χ3n) is 2.28. The van der Waals surface area contributed by atoms with Gasteiger partial charge >= 0.3 is 0 Å². The molecule has 0 unspecified atom stereocenters. The van der Waals surface area contributed by atoms with E-state index in [1.165, 1.54) is 34.0 Å². The number of nitrogens with zero attached hydrogens (tertiary/aromatic N) is 1. The van der Waals surface area contributed by atoms with Crippen molar-refractivity contribution in [3.8, 4) is 0 Å². The van der Waals surface area contributed by atoms with Crippen LogP contribution in [0.1, 0.15) is 25.8 Å². The fourth-order valence-electron chi connectivity index (χ4n) is 1.64. The third-order valence-corrected chi connectivity index (χ3v) is 3.48. The summed E-state index contributed by atoms with van der Waals surface area (Å²) in [6.45, 7) is 4.31. The van der Waals surface area contributed by atoms with E-state index < -0.39 is 0 Å². The largest absolute Gasteiger partial charge is 0.257 e. The first kappa shape index (κ1) is 9.78. The Kier molecular flexibility index (Phi) is 2.92. The minimum Gasteiger partial charge on any atom is -0.257 e. The Morgan fingerprint density at radius 3 is 3.07 bits per heavy atom. The lowest BCUT2D eigenvalue weighted by atomic mass is 10.1. The minimum atomic E-state index is 1.04. The molecule has 1 aromatic carbocycles. The van der Waals surface area contributed by atoms with Gasteiger partial charge in [-0.1, -0.05) is 6.92 Å². The molecule has 0 bridgehead atoms. The standard InChI is InChI=1S/C12H15NS/c1-3-6-14-11-4-5-12-10(8-11)7-9(2)13-12/h4-5,8H,3,6-7H2,1-2H3. The van der Waals surface area contributed by atoms with Crippen LogP contribution in [0.2, 0.25) is 0 Å². The molecule has 1 aliphatic heterocycles. The number of aliphatic imine (C=N–C) groups is 1. The van der Waals surface area contributed by atoms with Crippen molar-refractivity contribution in [1.29, 1.82) is 0 Å². The van der Waals surface area contributed by atoms with Gasteiger partial charge in [-0.05, 0) is 42.9 Å². The Balaban J connectivity index is 2.15. The molecule has 14 heavy (non-hydrogen) atoms. The van der Waals surface area contributed by atoms with Crippen LogP contribution in [-0.4, -0.2) is 11.5 Å². The molecule has 0 amide bonds. The van der Waals surface area contributed by atoms with Crippen molar-refractivity contribution in [2.45, 2.75) is 31.6 Å². The zero-order valence-electron chi connectivity index (χ0n) is 8.71. The summed E-state index contributed by atoms with van der Waals surface area (Å²) < 4.78 is 0. The molecular formula is C12H15NS. The number of hydrogen-bond donors (Lipinski definition) is 0. The summed E-state index contributed by atoms with van der Waals surface area (Å²) in [5.74, 6) is 1.21. The lowest BCUT2D eigenvalue weighted by Gasteiger charge is -2.02. The van der Waals surface area contributed by atoms with Gasteiger partial charge in [-0.25, -0.2) is 0 Å². The maximum absolute atomic E-state index is 4.48. The molecule has 1 aromatic rings. The Hall–Kier alpha value is -0.760. The summed E-state index contributed by atoms with van der Waals surface area (Å²) in [5, 5.41) is 0. The quantitative estimate of drug-likeness (QED) is 0.683. The fourth-order valence-corrected chi connectivity index (χ4v) is 2.47. The molecule has 1 nitrogen and oxygen atoms in total. The summed E-state index contributed by atoms with van der Waals surface area (Å²) >= 11 is 1.94. The highest BCUT2D eigenvalue weighted by atomic mass is 32.2. The first-order chi connectivity index (χ1) is 6.79. The van der Waals surface area contributed by atoms with Gasteiger partial charge in [0.15, 0.2) is 0 Å². The first-order valence-corrected chi connectivity index (χ1v) is 6.08. The monoisotopic (exact) mass is 205 g/mol. The molecule has 0 saturated carbocycles. The minimum absolute atomic E-state index is 1.04. The van der Waals surface area contributed by atoms with Crippen LogP contribution in [-0.2, 0) is 6.42 Å². The Labute approximate surface area is 89.6 Å². The second kappa shape index (κ2) is 4.18. The molecule has 0 saturated heterocycles. The summed E-state index contributed by atoms with van der Waals surface area (Å²) in [6.07, 6.45) is 2.27. The van der Waals surface area contributed by atoms with E-state index in [-0.39, 0.29) is 0 Å². The second-order valence-corrected chi connectivity index (χ2v) is 4.83. The topological polar surface area (TPSA) is 12.4 Å². The van der Waals surface area contributed by atoms with Crippen LogP contribution in [0.25, 0.3) is 0 Å². The van der Waals surface area contributed by atoms with E-state index in [0.29, 0.717) is 0 Å².